The van der Waals surface area contributed by atoms with Gasteiger partial charge < -0.3 is 14.2 Å². The van der Waals surface area contributed by atoms with Crippen LogP contribution in [0.3, 0.4) is 0 Å². The van der Waals surface area contributed by atoms with Crippen molar-refractivity contribution in [3.63, 3.8) is 0 Å². The van der Waals surface area contributed by atoms with Crippen LogP contribution in [0.4, 0.5) is 0 Å². The molecule has 0 aliphatic rings. The first-order valence-electron chi connectivity index (χ1n) is 5.08. The molecule has 1 N–H and O–H groups in total. The molecule has 0 spiro atoms. The van der Waals surface area contributed by atoms with E-state index in [1.165, 1.54) is 6.92 Å². The summed E-state index contributed by atoms with van der Waals surface area (Å²) >= 11 is 0. The highest BCUT2D eigenvalue weighted by atomic mass is 31.2. The summed E-state index contributed by atoms with van der Waals surface area (Å²) in [6.07, 6.45) is -0.0781. The summed E-state index contributed by atoms with van der Waals surface area (Å²) in [5, 5.41) is 18.4. The van der Waals surface area contributed by atoms with Gasteiger partial charge in [0, 0.05) is 4.92 Å². The molecule has 0 fully saturated rings. The van der Waals surface area contributed by atoms with E-state index in [1.54, 1.807) is 13.8 Å². The maximum Gasteiger partial charge on any atom is 0.368 e. The van der Waals surface area contributed by atoms with Crippen molar-refractivity contribution in [1.29, 1.82) is 0 Å². The Bertz CT molecular complexity index is 274. The average Bonchev–Trinajstić information content (AvgIpc) is 2.17. The molecule has 0 amide bonds. The number of nitrogens with zero attached hydrogens (tertiary/aromatic N) is 1. The molecule has 16 heavy (non-hydrogen) atoms. The molecule has 0 heterocycles. The van der Waals surface area contributed by atoms with E-state index in [9.17, 15) is 19.8 Å². The second kappa shape index (κ2) is 6.30. The molecule has 0 radical (unpaired) electrons. The van der Waals surface area contributed by atoms with Gasteiger partial charge in [0.2, 0.25) is 11.9 Å². The van der Waals surface area contributed by atoms with Crippen molar-refractivity contribution in [2.24, 2.45) is 0 Å². The number of rotatable bonds is 8. The highest BCUT2D eigenvalue weighted by Gasteiger charge is 2.52. The van der Waals surface area contributed by atoms with Crippen molar-refractivity contribution >= 4 is 7.60 Å². The minimum Gasteiger partial charge on any atom is -0.372 e. The zero-order chi connectivity index (χ0) is 12.8. The van der Waals surface area contributed by atoms with Crippen LogP contribution in [0, 0.1) is 10.1 Å². The zero-order valence-corrected chi connectivity index (χ0v) is 10.6. The monoisotopic (exact) mass is 255 g/mol. The van der Waals surface area contributed by atoms with E-state index in [2.05, 4.69) is 0 Å². The van der Waals surface area contributed by atoms with Crippen molar-refractivity contribution in [1.82, 2.24) is 0 Å². The molecule has 0 aromatic heterocycles. The van der Waals surface area contributed by atoms with Gasteiger partial charge in [-0.3, -0.25) is 14.7 Å². The molecule has 8 heteroatoms. The zero-order valence-electron chi connectivity index (χ0n) is 9.71. The molecule has 0 bridgehead atoms. The Morgan fingerprint density at radius 1 is 1.31 bits per heavy atom. The van der Waals surface area contributed by atoms with Crippen LogP contribution in [0.1, 0.15) is 27.2 Å². The van der Waals surface area contributed by atoms with Crippen molar-refractivity contribution in [3.8, 4) is 0 Å². The Kier molecular flexibility index (Phi) is 6.10. The van der Waals surface area contributed by atoms with Gasteiger partial charge >= 0.3 is 7.60 Å². The van der Waals surface area contributed by atoms with Crippen LogP contribution in [-0.2, 0) is 13.6 Å². The summed E-state index contributed by atoms with van der Waals surface area (Å²) in [5.74, 6) is 0. The third kappa shape index (κ3) is 3.52. The van der Waals surface area contributed by atoms with Gasteiger partial charge in [0.25, 0.3) is 0 Å². The maximum atomic E-state index is 12.2. The first-order valence-corrected chi connectivity index (χ1v) is 6.62. The van der Waals surface area contributed by atoms with E-state index in [0.717, 1.165) is 0 Å². The molecule has 1 atom stereocenters. The third-order valence-corrected chi connectivity index (χ3v) is 4.73. The van der Waals surface area contributed by atoms with Crippen molar-refractivity contribution in [2.75, 3.05) is 19.8 Å². The lowest BCUT2D eigenvalue weighted by molar-refractivity contribution is -0.495. The molecular formula is C8H18NO6P. The van der Waals surface area contributed by atoms with Gasteiger partial charge in [-0.05, 0) is 20.3 Å². The molecule has 0 saturated heterocycles. The van der Waals surface area contributed by atoms with Crippen molar-refractivity contribution in [2.45, 2.75) is 32.5 Å². The van der Waals surface area contributed by atoms with E-state index >= 15 is 0 Å². The third-order valence-electron chi connectivity index (χ3n) is 2.06. The Morgan fingerprint density at radius 3 is 2.00 bits per heavy atom. The molecule has 0 aliphatic heterocycles. The smallest absolute Gasteiger partial charge is 0.368 e. The lowest BCUT2D eigenvalue weighted by Crippen LogP contribution is -2.37. The van der Waals surface area contributed by atoms with Crippen LogP contribution in [-0.4, -0.2) is 35.1 Å². The standard InChI is InChI=1S/C8H18NO6P/c1-4-8(10,7-9(11)12)16(13,14-5-2)15-6-3/h10H,4-7H2,1-3H3. The minimum absolute atomic E-state index is 0.0529. The van der Waals surface area contributed by atoms with E-state index in [0.29, 0.717) is 0 Å². The van der Waals surface area contributed by atoms with E-state index in [-0.39, 0.29) is 19.6 Å². The predicted octanol–water partition coefficient (Wildman–Crippen LogP) is 1.63. The molecule has 1 unspecified atom stereocenters. The fourth-order valence-electron chi connectivity index (χ4n) is 1.22. The van der Waals surface area contributed by atoms with Crippen LogP contribution >= 0.6 is 7.60 Å². The van der Waals surface area contributed by atoms with Gasteiger partial charge in [-0.1, -0.05) is 6.92 Å². The summed E-state index contributed by atoms with van der Waals surface area (Å²) in [7, 11) is -3.88. The first-order chi connectivity index (χ1) is 7.35. The molecule has 0 aromatic rings. The van der Waals surface area contributed by atoms with Crippen molar-refractivity contribution < 1.29 is 23.6 Å². The van der Waals surface area contributed by atoms with Gasteiger partial charge in [0.15, 0.2) is 0 Å². The molecule has 0 rings (SSSR count). The van der Waals surface area contributed by atoms with Gasteiger partial charge in [-0.2, -0.15) is 0 Å². The van der Waals surface area contributed by atoms with E-state index in [4.69, 9.17) is 9.05 Å². The summed E-state index contributed by atoms with van der Waals surface area (Å²) < 4.78 is 22.0. The molecule has 7 nitrogen and oxygen atoms in total. The maximum absolute atomic E-state index is 12.2. The fraction of sp³-hybridized carbons (Fsp3) is 1.00. The number of hydrogen-bond donors (Lipinski definition) is 1. The van der Waals surface area contributed by atoms with Gasteiger partial charge in [0.05, 0.1) is 13.2 Å². The number of nitro groups is 1. The van der Waals surface area contributed by atoms with Crippen molar-refractivity contribution in [3.05, 3.63) is 10.1 Å². The average molecular weight is 255 g/mol. The van der Waals surface area contributed by atoms with Gasteiger partial charge in [-0.25, -0.2) is 0 Å². The first kappa shape index (κ1) is 15.5. The second-order valence-corrected chi connectivity index (χ2v) is 5.50. The normalized spacial score (nSPS) is 15.8. The van der Waals surface area contributed by atoms with Crippen LogP contribution in [0.25, 0.3) is 0 Å². The summed E-state index contributed by atoms with van der Waals surface area (Å²) in [4.78, 5) is 9.71. The number of aliphatic hydroxyl groups is 1. The van der Waals surface area contributed by atoms with E-state index in [1.807, 2.05) is 0 Å². The molecule has 0 aliphatic carbocycles. The van der Waals surface area contributed by atoms with Crippen LogP contribution < -0.4 is 0 Å². The predicted molar refractivity (Wildman–Crippen MR) is 58.0 cm³/mol. The van der Waals surface area contributed by atoms with Gasteiger partial charge in [-0.15, -0.1) is 0 Å². The topological polar surface area (TPSA) is 98.9 Å². The molecular weight excluding hydrogens is 237 g/mol. The molecule has 0 saturated carbocycles. The Morgan fingerprint density at radius 2 is 1.75 bits per heavy atom. The van der Waals surface area contributed by atoms with Crippen LogP contribution in [0.15, 0.2) is 0 Å². The lowest BCUT2D eigenvalue weighted by Gasteiger charge is -2.30. The summed E-state index contributed by atoms with van der Waals surface area (Å²) in [6.45, 7) is 3.89. The van der Waals surface area contributed by atoms with Crippen LogP contribution in [0.5, 0.6) is 0 Å². The number of hydrogen-bond acceptors (Lipinski definition) is 6. The van der Waals surface area contributed by atoms with Crippen LogP contribution in [0.2, 0.25) is 0 Å². The highest BCUT2D eigenvalue weighted by Crippen LogP contribution is 2.60. The largest absolute Gasteiger partial charge is 0.372 e. The Labute approximate surface area is 94.4 Å². The van der Waals surface area contributed by atoms with E-state index < -0.39 is 24.4 Å². The quantitative estimate of drug-likeness (QED) is 0.402. The highest BCUT2D eigenvalue weighted by molar-refractivity contribution is 7.55. The SMILES string of the molecule is CCOP(=O)(OCC)C(O)(CC)C[N+](=O)[O-]. The second-order valence-electron chi connectivity index (χ2n) is 3.16. The Hall–Kier alpha value is -0.490. The minimum atomic E-state index is -3.88. The summed E-state index contributed by atoms with van der Waals surface area (Å²) in [5.41, 5.74) is 0. The molecule has 96 valence electrons. The summed E-state index contributed by atoms with van der Waals surface area (Å²) in [6, 6.07) is 0. The fourth-order valence-corrected chi connectivity index (χ4v) is 3.13. The molecule has 0 aromatic carbocycles. The van der Waals surface area contributed by atoms with Gasteiger partial charge in [0.1, 0.15) is 0 Å². The Balaban J connectivity index is 5.10. The lowest BCUT2D eigenvalue weighted by atomic mass is 10.3.